The van der Waals surface area contributed by atoms with E-state index in [4.69, 9.17) is 10.5 Å². The minimum atomic E-state index is -1.12. The van der Waals surface area contributed by atoms with Crippen LogP contribution in [0, 0.1) is 0 Å². The molecule has 3 aromatic rings. The highest BCUT2D eigenvalue weighted by molar-refractivity contribution is 6.07. The van der Waals surface area contributed by atoms with E-state index in [2.05, 4.69) is 16.2 Å². The lowest BCUT2D eigenvalue weighted by Gasteiger charge is -2.16. The molecule has 0 heterocycles. The molecule has 2 amide bonds. The van der Waals surface area contributed by atoms with Gasteiger partial charge in [-0.05, 0) is 40.8 Å². The molecule has 0 saturated carbocycles. The molecule has 0 radical (unpaired) electrons. The predicted molar refractivity (Wildman–Crippen MR) is 128 cm³/mol. The third kappa shape index (κ3) is 6.77. The number of hydrazine groups is 1. The van der Waals surface area contributed by atoms with E-state index >= 15 is 0 Å². The fraction of sp³-hybridized carbons (Fsp3) is 0.240. The average Bonchev–Trinajstić information content (AvgIpc) is 2.86. The van der Waals surface area contributed by atoms with Crippen LogP contribution in [0.25, 0.3) is 10.8 Å². The van der Waals surface area contributed by atoms with E-state index < -0.39 is 24.0 Å². The molecule has 6 N–H and O–H groups in total. The zero-order chi connectivity index (χ0) is 24.3. The van der Waals surface area contributed by atoms with E-state index in [-0.39, 0.29) is 19.6 Å². The zero-order valence-electron chi connectivity index (χ0n) is 18.6. The summed E-state index contributed by atoms with van der Waals surface area (Å²) in [6.45, 7) is 0.729. The molecule has 0 spiro atoms. The van der Waals surface area contributed by atoms with Crippen molar-refractivity contribution in [3.63, 3.8) is 0 Å². The van der Waals surface area contributed by atoms with E-state index in [9.17, 15) is 19.5 Å². The Morgan fingerprint density at radius 3 is 2.35 bits per heavy atom. The molecule has 0 saturated heterocycles. The Balaban J connectivity index is 1.46. The molecule has 1 atom stereocenters. The summed E-state index contributed by atoms with van der Waals surface area (Å²) in [4.78, 5) is 36.1. The third-order valence-electron chi connectivity index (χ3n) is 5.29. The number of ether oxygens (including phenoxy) is 1. The largest absolute Gasteiger partial charge is 0.480 e. The topological polar surface area (TPSA) is 143 Å². The molecule has 0 aromatic heterocycles. The zero-order valence-corrected chi connectivity index (χ0v) is 18.6. The molecule has 34 heavy (non-hydrogen) atoms. The fourth-order valence-corrected chi connectivity index (χ4v) is 3.49. The van der Waals surface area contributed by atoms with Crippen molar-refractivity contribution in [2.75, 3.05) is 6.54 Å². The maximum absolute atomic E-state index is 12.7. The molecule has 0 bridgehead atoms. The first-order chi connectivity index (χ1) is 16.5. The maximum atomic E-state index is 12.7. The Labute approximate surface area is 197 Å². The summed E-state index contributed by atoms with van der Waals surface area (Å²) in [6.07, 6.45) is -0.0275. The number of carboxylic acids is 1. The molecule has 0 aliphatic rings. The van der Waals surface area contributed by atoms with Crippen LogP contribution in [0.4, 0.5) is 4.79 Å². The molecule has 3 rings (SSSR count). The Morgan fingerprint density at radius 2 is 1.65 bits per heavy atom. The molecular weight excluding hydrogens is 436 g/mol. The lowest BCUT2D eigenvalue weighted by Crippen LogP contribution is -2.48. The van der Waals surface area contributed by atoms with Crippen LogP contribution in [0.15, 0.2) is 66.7 Å². The summed E-state index contributed by atoms with van der Waals surface area (Å²) in [5.41, 5.74) is 13.0. The number of aliphatic carboxylic acids is 1. The van der Waals surface area contributed by atoms with Crippen molar-refractivity contribution in [3.05, 3.63) is 83.4 Å². The summed E-state index contributed by atoms with van der Waals surface area (Å²) >= 11 is 0. The second-order valence-corrected chi connectivity index (χ2v) is 7.64. The number of hydrogen-bond acceptors (Lipinski definition) is 6. The predicted octanol–water partition coefficient (Wildman–Crippen LogP) is 2.69. The number of carbonyl (C=O) groups excluding carboxylic acids is 2. The van der Waals surface area contributed by atoms with E-state index in [1.165, 1.54) is 0 Å². The first-order valence-electron chi connectivity index (χ1n) is 10.9. The Kier molecular flexibility index (Phi) is 8.96. The van der Waals surface area contributed by atoms with Gasteiger partial charge in [0.1, 0.15) is 12.6 Å². The number of amides is 2. The highest BCUT2D eigenvalue weighted by Crippen LogP contribution is 2.22. The number of carboxylic acid groups (broad SMARTS) is 1. The SMILES string of the molecule is NCc1ccc(C(=O)NN[C@@H](CCCNC(=O)OCc2ccccc2)C(=O)O)c2ccccc12. The monoisotopic (exact) mass is 464 g/mol. The number of rotatable bonds is 11. The van der Waals surface area contributed by atoms with Crippen LogP contribution in [-0.4, -0.2) is 35.7 Å². The Morgan fingerprint density at radius 1 is 0.941 bits per heavy atom. The molecule has 0 unspecified atom stereocenters. The van der Waals surface area contributed by atoms with Gasteiger partial charge in [0, 0.05) is 18.7 Å². The normalized spacial score (nSPS) is 11.6. The van der Waals surface area contributed by atoms with Gasteiger partial charge in [0.15, 0.2) is 0 Å². The van der Waals surface area contributed by atoms with Crippen molar-refractivity contribution in [2.24, 2.45) is 5.73 Å². The van der Waals surface area contributed by atoms with Gasteiger partial charge in [-0.1, -0.05) is 60.7 Å². The van der Waals surface area contributed by atoms with Crippen LogP contribution in [-0.2, 0) is 22.7 Å². The Hall–Kier alpha value is -3.95. The highest BCUT2D eigenvalue weighted by atomic mass is 16.5. The number of hydrogen-bond donors (Lipinski definition) is 5. The van der Waals surface area contributed by atoms with Crippen LogP contribution in [0.2, 0.25) is 0 Å². The second-order valence-electron chi connectivity index (χ2n) is 7.64. The van der Waals surface area contributed by atoms with Crippen LogP contribution >= 0.6 is 0 Å². The van der Waals surface area contributed by atoms with Crippen molar-refractivity contribution >= 4 is 28.7 Å². The number of carbonyl (C=O) groups is 3. The van der Waals surface area contributed by atoms with Gasteiger partial charge in [0.05, 0.1) is 0 Å². The van der Waals surface area contributed by atoms with Crippen molar-refractivity contribution in [2.45, 2.75) is 32.0 Å². The number of alkyl carbamates (subject to hydrolysis) is 1. The molecule has 0 aliphatic heterocycles. The van der Waals surface area contributed by atoms with Gasteiger partial charge in [-0.2, -0.15) is 0 Å². The van der Waals surface area contributed by atoms with E-state index in [0.29, 0.717) is 18.5 Å². The van der Waals surface area contributed by atoms with Crippen LogP contribution in [0.1, 0.15) is 34.3 Å². The van der Waals surface area contributed by atoms with Gasteiger partial charge < -0.3 is 20.9 Å². The molecular formula is C25H28N4O5. The van der Waals surface area contributed by atoms with E-state index in [1.807, 2.05) is 54.6 Å². The van der Waals surface area contributed by atoms with E-state index in [1.54, 1.807) is 12.1 Å². The van der Waals surface area contributed by atoms with Gasteiger partial charge in [0.25, 0.3) is 5.91 Å². The van der Waals surface area contributed by atoms with Crippen molar-refractivity contribution < 1.29 is 24.2 Å². The Bertz CT molecular complexity index is 1140. The number of benzene rings is 3. The average molecular weight is 465 g/mol. The van der Waals surface area contributed by atoms with Crippen molar-refractivity contribution in [1.82, 2.24) is 16.2 Å². The van der Waals surface area contributed by atoms with Crippen LogP contribution in [0.3, 0.4) is 0 Å². The molecule has 0 aliphatic carbocycles. The quantitative estimate of drug-likeness (QED) is 0.217. The lowest BCUT2D eigenvalue weighted by atomic mass is 9.99. The number of fused-ring (bicyclic) bond motifs is 1. The molecule has 9 nitrogen and oxygen atoms in total. The van der Waals surface area contributed by atoms with Crippen LogP contribution in [0.5, 0.6) is 0 Å². The summed E-state index contributed by atoms with van der Waals surface area (Å²) < 4.78 is 5.12. The number of nitrogens with two attached hydrogens (primary N) is 1. The summed E-state index contributed by atoms with van der Waals surface area (Å²) in [5, 5.41) is 13.7. The fourth-order valence-electron chi connectivity index (χ4n) is 3.49. The minimum absolute atomic E-state index is 0.152. The molecule has 9 heteroatoms. The lowest BCUT2D eigenvalue weighted by molar-refractivity contribution is -0.139. The van der Waals surface area contributed by atoms with Crippen molar-refractivity contribution in [3.8, 4) is 0 Å². The van der Waals surface area contributed by atoms with Gasteiger partial charge in [0.2, 0.25) is 0 Å². The minimum Gasteiger partial charge on any atom is -0.480 e. The van der Waals surface area contributed by atoms with Gasteiger partial charge in [-0.25, -0.2) is 10.2 Å². The second kappa shape index (κ2) is 12.3. The van der Waals surface area contributed by atoms with Gasteiger partial charge >= 0.3 is 12.1 Å². The number of nitrogens with one attached hydrogen (secondary N) is 3. The van der Waals surface area contributed by atoms with Gasteiger partial charge in [-0.15, -0.1) is 0 Å². The van der Waals surface area contributed by atoms with Gasteiger partial charge in [-0.3, -0.25) is 15.0 Å². The highest BCUT2D eigenvalue weighted by Gasteiger charge is 2.19. The van der Waals surface area contributed by atoms with Crippen LogP contribution < -0.4 is 21.9 Å². The molecule has 0 fully saturated rings. The van der Waals surface area contributed by atoms with E-state index in [0.717, 1.165) is 21.9 Å². The summed E-state index contributed by atoms with van der Waals surface area (Å²) in [7, 11) is 0. The molecule has 3 aromatic carbocycles. The first kappa shape index (κ1) is 24.7. The first-order valence-corrected chi connectivity index (χ1v) is 10.9. The summed E-state index contributed by atoms with van der Waals surface area (Å²) in [6, 6.07) is 19.1. The standard InChI is InChI=1S/C25H28N4O5/c26-15-18-12-13-21(20-10-5-4-9-19(18)20)23(30)29-28-22(24(31)32)11-6-14-27-25(33)34-16-17-7-2-1-3-8-17/h1-5,7-10,12-13,22,28H,6,11,14-16,26H2,(H,27,33)(H,29,30)(H,31,32)/t22-/m0/s1. The summed E-state index contributed by atoms with van der Waals surface area (Å²) in [5.74, 6) is -1.57. The smallest absolute Gasteiger partial charge is 0.407 e. The maximum Gasteiger partial charge on any atom is 0.407 e. The van der Waals surface area contributed by atoms with Crippen molar-refractivity contribution in [1.29, 1.82) is 0 Å². The molecule has 178 valence electrons. The third-order valence-corrected chi connectivity index (χ3v) is 5.29.